The summed E-state index contributed by atoms with van der Waals surface area (Å²) in [6, 6.07) is 5.84. The summed E-state index contributed by atoms with van der Waals surface area (Å²) in [6.45, 7) is 3.49. The molecule has 2 N–H and O–H groups in total. The Morgan fingerprint density at radius 1 is 1.44 bits per heavy atom. The third-order valence-corrected chi connectivity index (χ3v) is 2.87. The maximum absolute atomic E-state index is 5.84. The molecule has 0 aliphatic carbocycles. The Hall–Kier alpha value is -1.22. The molecule has 0 aromatic heterocycles. The van der Waals surface area contributed by atoms with E-state index in [1.165, 1.54) is 12.8 Å². The zero-order valence-corrected chi connectivity index (χ0v) is 9.74. The van der Waals surface area contributed by atoms with E-state index < -0.39 is 0 Å². The number of hydrogen-bond acceptors (Lipinski definition) is 3. The topological polar surface area (TPSA) is 44.5 Å². The maximum Gasteiger partial charge on any atom is 0.142 e. The molecule has 1 aromatic rings. The van der Waals surface area contributed by atoms with Crippen molar-refractivity contribution in [2.24, 2.45) is 0 Å². The van der Waals surface area contributed by atoms with E-state index in [0.29, 0.717) is 12.3 Å². The van der Waals surface area contributed by atoms with Gasteiger partial charge in [-0.2, -0.15) is 0 Å². The molecule has 1 aromatic carbocycles. The minimum atomic E-state index is 0.230. The molecule has 1 fully saturated rings. The zero-order valence-electron chi connectivity index (χ0n) is 9.74. The van der Waals surface area contributed by atoms with Gasteiger partial charge >= 0.3 is 0 Å². The van der Waals surface area contributed by atoms with E-state index in [4.69, 9.17) is 15.2 Å². The predicted octanol–water partition coefficient (Wildman–Crippen LogP) is 2.53. The molecule has 1 aliphatic rings. The largest absolute Gasteiger partial charge is 0.489 e. The Morgan fingerprint density at radius 2 is 2.31 bits per heavy atom. The lowest BCUT2D eigenvalue weighted by atomic mass is 10.1. The van der Waals surface area contributed by atoms with Crippen molar-refractivity contribution in [3.63, 3.8) is 0 Å². The molecule has 3 heteroatoms. The fourth-order valence-corrected chi connectivity index (χ4v) is 1.89. The first-order valence-corrected chi connectivity index (χ1v) is 5.86. The number of rotatable bonds is 3. The summed E-state index contributed by atoms with van der Waals surface area (Å²) in [5, 5.41) is 0. The number of anilines is 1. The molecule has 0 radical (unpaired) electrons. The summed E-state index contributed by atoms with van der Waals surface area (Å²) in [4.78, 5) is 0. The van der Waals surface area contributed by atoms with Crippen LogP contribution >= 0.6 is 0 Å². The van der Waals surface area contributed by atoms with Crippen LogP contribution in [-0.2, 0) is 4.74 Å². The molecule has 0 spiro atoms. The minimum absolute atomic E-state index is 0.230. The van der Waals surface area contributed by atoms with Crippen LogP contribution in [0.3, 0.4) is 0 Å². The van der Waals surface area contributed by atoms with E-state index in [9.17, 15) is 0 Å². The standard InChI is InChI=1S/C13H19NO2/c1-10-5-6-12(14)13(8-10)16-9-11-4-2-3-7-15-11/h5-6,8,11H,2-4,7,9,14H2,1H3. The van der Waals surface area contributed by atoms with Crippen molar-refractivity contribution < 1.29 is 9.47 Å². The first-order chi connectivity index (χ1) is 7.75. The molecule has 1 atom stereocenters. The minimum Gasteiger partial charge on any atom is -0.489 e. The van der Waals surface area contributed by atoms with E-state index in [2.05, 4.69) is 0 Å². The van der Waals surface area contributed by atoms with Gasteiger partial charge in [0.2, 0.25) is 0 Å². The van der Waals surface area contributed by atoms with Crippen molar-refractivity contribution in [2.75, 3.05) is 18.9 Å². The van der Waals surface area contributed by atoms with Gasteiger partial charge < -0.3 is 15.2 Å². The molecule has 16 heavy (non-hydrogen) atoms. The smallest absolute Gasteiger partial charge is 0.142 e. The van der Waals surface area contributed by atoms with Gasteiger partial charge in [-0.1, -0.05) is 6.07 Å². The Bertz CT molecular complexity index is 346. The second-order valence-corrected chi connectivity index (χ2v) is 4.34. The number of benzene rings is 1. The first kappa shape index (κ1) is 11.3. The summed E-state index contributed by atoms with van der Waals surface area (Å²) in [5.74, 6) is 0.772. The highest BCUT2D eigenvalue weighted by atomic mass is 16.5. The fraction of sp³-hybridized carbons (Fsp3) is 0.538. The molecule has 1 aliphatic heterocycles. The summed E-state index contributed by atoms with van der Waals surface area (Å²) in [6.07, 6.45) is 3.72. The highest BCUT2D eigenvalue weighted by Gasteiger charge is 2.14. The third kappa shape index (κ3) is 2.89. The van der Waals surface area contributed by atoms with Crippen LogP contribution in [0.5, 0.6) is 5.75 Å². The highest BCUT2D eigenvalue weighted by molar-refractivity contribution is 5.53. The van der Waals surface area contributed by atoms with Crippen molar-refractivity contribution in [3.8, 4) is 5.75 Å². The molecular weight excluding hydrogens is 202 g/mol. The lowest BCUT2D eigenvalue weighted by Gasteiger charge is -2.23. The van der Waals surface area contributed by atoms with Crippen molar-refractivity contribution in [1.82, 2.24) is 0 Å². The van der Waals surface area contributed by atoms with Crippen LogP contribution in [0.25, 0.3) is 0 Å². The molecule has 1 heterocycles. The van der Waals surface area contributed by atoms with Gasteiger partial charge in [0.05, 0.1) is 11.8 Å². The summed E-state index contributed by atoms with van der Waals surface area (Å²) in [5.41, 5.74) is 7.70. The van der Waals surface area contributed by atoms with Gasteiger partial charge in [-0.05, 0) is 43.9 Å². The van der Waals surface area contributed by atoms with Crippen molar-refractivity contribution >= 4 is 5.69 Å². The molecule has 0 saturated carbocycles. The van der Waals surface area contributed by atoms with E-state index >= 15 is 0 Å². The van der Waals surface area contributed by atoms with Crippen LogP contribution in [0.15, 0.2) is 18.2 Å². The molecule has 1 saturated heterocycles. The second-order valence-electron chi connectivity index (χ2n) is 4.34. The zero-order chi connectivity index (χ0) is 11.4. The van der Waals surface area contributed by atoms with E-state index in [0.717, 1.165) is 24.3 Å². The Morgan fingerprint density at radius 3 is 3.06 bits per heavy atom. The van der Waals surface area contributed by atoms with Gasteiger partial charge in [0.25, 0.3) is 0 Å². The summed E-state index contributed by atoms with van der Waals surface area (Å²) in [7, 11) is 0. The average molecular weight is 221 g/mol. The molecule has 2 rings (SSSR count). The molecule has 88 valence electrons. The lowest BCUT2D eigenvalue weighted by Crippen LogP contribution is -2.25. The fourth-order valence-electron chi connectivity index (χ4n) is 1.89. The highest BCUT2D eigenvalue weighted by Crippen LogP contribution is 2.23. The van der Waals surface area contributed by atoms with Gasteiger partial charge in [0, 0.05) is 6.61 Å². The van der Waals surface area contributed by atoms with Gasteiger partial charge in [-0.25, -0.2) is 0 Å². The third-order valence-electron chi connectivity index (χ3n) is 2.87. The van der Waals surface area contributed by atoms with Gasteiger partial charge in [-0.3, -0.25) is 0 Å². The van der Waals surface area contributed by atoms with Crippen LogP contribution in [0, 0.1) is 6.92 Å². The van der Waals surface area contributed by atoms with Crippen molar-refractivity contribution in [3.05, 3.63) is 23.8 Å². The van der Waals surface area contributed by atoms with Gasteiger partial charge in [0.15, 0.2) is 0 Å². The van der Waals surface area contributed by atoms with Crippen LogP contribution < -0.4 is 10.5 Å². The number of nitrogen functional groups attached to an aromatic ring is 1. The van der Waals surface area contributed by atoms with Crippen LogP contribution in [0.1, 0.15) is 24.8 Å². The first-order valence-electron chi connectivity index (χ1n) is 5.86. The van der Waals surface area contributed by atoms with Crippen LogP contribution in [-0.4, -0.2) is 19.3 Å². The molecule has 0 amide bonds. The van der Waals surface area contributed by atoms with Crippen LogP contribution in [0.2, 0.25) is 0 Å². The maximum atomic E-state index is 5.84. The number of ether oxygens (including phenoxy) is 2. The van der Waals surface area contributed by atoms with Crippen molar-refractivity contribution in [2.45, 2.75) is 32.3 Å². The molecular formula is C13H19NO2. The molecule has 1 unspecified atom stereocenters. The quantitative estimate of drug-likeness (QED) is 0.798. The van der Waals surface area contributed by atoms with Gasteiger partial charge in [0.1, 0.15) is 12.4 Å². The van der Waals surface area contributed by atoms with Crippen LogP contribution in [0.4, 0.5) is 5.69 Å². The Labute approximate surface area is 96.5 Å². The lowest BCUT2D eigenvalue weighted by molar-refractivity contribution is -0.0109. The number of aryl methyl sites for hydroxylation is 1. The van der Waals surface area contributed by atoms with Crippen molar-refractivity contribution in [1.29, 1.82) is 0 Å². The average Bonchev–Trinajstić information content (AvgIpc) is 2.32. The number of hydrogen-bond donors (Lipinski definition) is 1. The molecule has 0 bridgehead atoms. The van der Waals surface area contributed by atoms with E-state index in [1.807, 2.05) is 25.1 Å². The van der Waals surface area contributed by atoms with E-state index in [1.54, 1.807) is 0 Å². The predicted molar refractivity (Wildman–Crippen MR) is 64.7 cm³/mol. The van der Waals surface area contributed by atoms with E-state index in [-0.39, 0.29) is 6.10 Å². The molecule has 3 nitrogen and oxygen atoms in total. The Balaban J connectivity index is 1.90. The van der Waals surface area contributed by atoms with Gasteiger partial charge in [-0.15, -0.1) is 0 Å². The second kappa shape index (κ2) is 5.21. The summed E-state index contributed by atoms with van der Waals surface area (Å²) >= 11 is 0. The monoisotopic (exact) mass is 221 g/mol. The Kier molecular flexibility index (Phi) is 3.67. The number of nitrogens with two attached hydrogens (primary N) is 1. The summed E-state index contributed by atoms with van der Waals surface area (Å²) < 4.78 is 11.3. The SMILES string of the molecule is Cc1ccc(N)c(OCC2CCCCO2)c1. The normalized spacial score (nSPS) is 20.7.